The van der Waals surface area contributed by atoms with E-state index in [9.17, 15) is 0 Å². The molecule has 2 nitrogen and oxygen atoms in total. The van der Waals surface area contributed by atoms with Crippen molar-refractivity contribution >= 4 is 34.4 Å². The normalized spacial score (nSPS) is 12.7. The van der Waals surface area contributed by atoms with E-state index in [-0.39, 0.29) is 5.41 Å². The molecule has 0 aliphatic carbocycles. The average molecular weight is 330 g/mol. The highest BCUT2D eigenvalue weighted by Gasteiger charge is 2.17. The van der Waals surface area contributed by atoms with Crippen molar-refractivity contribution in [3.63, 3.8) is 0 Å². The molecule has 0 bridgehead atoms. The molecule has 0 amide bonds. The maximum atomic E-state index is 4.36. The van der Waals surface area contributed by atoms with Crippen molar-refractivity contribution in [1.82, 2.24) is 0 Å². The summed E-state index contributed by atoms with van der Waals surface area (Å²) in [6, 6.07) is 10.3. The minimum atomic E-state index is 0.257. The molecule has 16 heavy (non-hydrogen) atoms. The summed E-state index contributed by atoms with van der Waals surface area (Å²) in [7, 11) is 2.07. The van der Waals surface area contributed by atoms with Crippen LogP contribution in [0.2, 0.25) is 0 Å². The fourth-order valence-corrected chi connectivity index (χ4v) is 1.97. The molecule has 0 radical (unpaired) electrons. The largest absolute Gasteiger partial charge is 0.333 e. The van der Waals surface area contributed by atoms with Gasteiger partial charge in [-0.05, 0) is 17.5 Å². The van der Waals surface area contributed by atoms with E-state index in [1.165, 1.54) is 5.69 Å². The Hall–Kier alpha value is -0.580. The van der Waals surface area contributed by atoms with Gasteiger partial charge in [0.1, 0.15) is 5.84 Å². The number of rotatable bonds is 2. The van der Waals surface area contributed by atoms with E-state index in [1.54, 1.807) is 0 Å². The maximum absolute atomic E-state index is 4.36. The van der Waals surface area contributed by atoms with Crippen molar-refractivity contribution in [3.8, 4) is 0 Å². The molecule has 0 unspecified atom stereocenters. The van der Waals surface area contributed by atoms with Gasteiger partial charge < -0.3 is 4.90 Å². The molecule has 0 spiro atoms. The third-order valence-corrected chi connectivity index (χ3v) is 2.87. The van der Waals surface area contributed by atoms with E-state index >= 15 is 0 Å². The van der Waals surface area contributed by atoms with Crippen molar-refractivity contribution in [1.29, 1.82) is 0 Å². The first kappa shape index (κ1) is 13.5. The lowest BCUT2D eigenvalue weighted by Crippen LogP contribution is -2.29. The number of halogens is 1. The van der Waals surface area contributed by atoms with E-state index < -0.39 is 0 Å². The Labute approximate surface area is 112 Å². The highest BCUT2D eigenvalue weighted by molar-refractivity contribution is 14.1. The van der Waals surface area contributed by atoms with Crippen LogP contribution in [0.5, 0.6) is 0 Å². The summed E-state index contributed by atoms with van der Waals surface area (Å²) in [5.74, 6) is 1.11. The van der Waals surface area contributed by atoms with Gasteiger partial charge in [0.25, 0.3) is 0 Å². The second-order valence-electron chi connectivity index (χ2n) is 5.13. The highest BCUT2D eigenvalue weighted by atomic mass is 127. The van der Waals surface area contributed by atoms with Crippen LogP contribution in [0.1, 0.15) is 27.2 Å². The summed E-state index contributed by atoms with van der Waals surface area (Å²) in [5.41, 5.74) is 1.44. The molecule has 1 aromatic rings. The van der Waals surface area contributed by atoms with Crippen molar-refractivity contribution in [3.05, 3.63) is 30.3 Å². The number of anilines is 1. The van der Waals surface area contributed by atoms with Gasteiger partial charge in [0.05, 0.1) is 22.9 Å². The molecule has 0 saturated heterocycles. The third kappa shape index (κ3) is 4.12. The predicted octanol–water partition coefficient (Wildman–Crippen LogP) is 4.31. The topological polar surface area (TPSA) is 15.6 Å². The van der Waals surface area contributed by atoms with Crippen LogP contribution in [-0.2, 0) is 0 Å². The Morgan fingerprint density at radius 2 is 1.81 bits per heavy atom. The summed E-state index contributed by atoms with van der Waals surface area (Å²) in [6.07, 6.45) is 0.974. The van der Waals surface area contributed by atoms with E-state index in [1.807, 2.05) is 18.2 Å². The van der Waals surface area contributed by atoms with E-state index in [0.29, 0.717) is 0 Å². The predicted molar refractivity (Wildman–Crippen MR) is 80.4 cm³/mol. The number of hydrogen-bond donors (Lipinski definition) is 0. The van der Waals surface area contributed by atoms with Crippen LogP contribution in [-0.4, -0.2) is 12.9 Å². The van der Waals surface area contributed by atoms with Crippen molar-refractivity contribution < 1.29 is 0 Å². The lowest BCUT2D eigenvalue weighted by atomic mass is 9.91. The van der Waals surface area contributed by atoms with Gasteiger partial charge >= 0.3 is 0 Å². The van der Waals surface area contributed by atoms with E-state index in [2.05, 4.69) is 70.9 Å². The Morgan fingerprint density at radius 3 is 2.25 bits per heavy atom. The Kier molecular flexibility index (Phi) is 4.77. The molecule has 0 saturated carbocycles. The van der Waals surface area contributed by atoms with Gasteiger partial charge in [-0.3, -0.25) is 0 Å². The molecular formula is C13H19IN2. The lowest BCUT2D eigenvalue weighted by molar-refractivity contribution is 0.432. The zero-order valence-electron chi connectivity index (χ0n) is 10.4. The Morgan fingerprint density at radius 1 is 1.25 bits per heavy atom. The fraction of sp³-hybridized carbons (Fsp3) is 0.462. The average Bonchev–Trinajstić information content (AvgIpc) is 2.25. The molecule has 88 valence electrons. The zero-order chi connectivity index (χ0) is 12.2. The molecule has 0 aliphatic rings. The molecule has 0 atom stereocenters. The van der Waals surface area contributed by atoms with Gasteiger partial charge in [-0.25, -0.2) is 3.21 Å². The first-order valence-electron chi connectivity index (χ1n) is 5.40. The zero-order valence-corrected chi connectivity index (χ0v) is 12.5. The molecule has 1 aromatic carbocycles. The first-order chi connectivity index (χ1) is 7.44. The van der Waals surface area contributed by atoms with E-state index in [4.69, 9.17) is 0 Å². The van der Waals surface area contributed by atoms with Crippen LogP contribution < -0.4 is 4.90 Å². The summed E-state index contributed by atoms with van der Waals surface area (Å²) in [6.45, 7) is 6.69. The minimum Gasteiger partial charge on any atom is -0.333 e. The maximum Gasteiger partial charge on any atom is 0.116 e. The number of amidine groups is 1. The van der Waals surface area contributed by atoms with Gasteiger partial charge in [-0.1, -0.05) is 39.0 Å². The lowest BCUT2D eigenvalue weighted by Gasteiger charge is -2.26. The van der Waals surface area contributed by atoms with Gasteiger partial charge in [-0.15, -0.1) is 0 Å². The van der Waals surface area contributed by atoms with Crippen LogP contribution in [0.25, 0.3) is 0 Å². The van der Waals surface area contributed by atoms with Gasteiger partial charge in [-0.2, -0.15) is 0 Å². The van der Waals surface area contributed by atoms with Gasteiger partial charge in [0.2, 0.25) is 0 Å². The molecular weight excluding hydrogens is 311 g/mol. The van der Waals surface area contributed by atoms with E-state index in [0.717, 1.165) is 12.3 Å². The van der Waals surface area contributed by atoms with Gasteiger partial charge in [0, 0.05) is 19.2 Å². The van der Waals surface area contributed by atoms with Crippen LogP contribution in [0, 0.1) is 5.41 Å². The quantitative estimate of drug-likeness (QED) is 0.448. The molecule has 0 aromatic heterocycles. The highest BCUT2D eigenvalue weighted by Crippen LogP contribution is 2.23. The molecule has 0 aliphatic heterocycles. The summed E-state index contributed by atoms with van der Waals surface area (Å²) in [4.78, 5) is 2.15. The Balaban J connectivity index is 2.83. The smallest absolute Gasteiger partial charge is 0.116 e. The van der Waals surface area contributed by atoms with Crippen LogP contribution >= 0.6 is 22.9 Å². The van der Waals surface area contributed by atoms with Gasteiger partial charge in [0.15, 0.2) is 0 Å². The summed E-state index contributed by atoms with van der Waals surface area (Å²) >= 11 is 2.08. The molecule has 0 fully saturated rings. The SMILES string of the molecule is CN(C(CC(C)(C)C)=NI)c1ccccc1. The number of para-hydroxylation sites is 1. The van der Waals surface area contributed by atoms with Crippen molar-refractivity contribution in [2.45, 2.75) is 27.2 Å². The summed E-state index contributed by atoms with van der Waals surface area (Å²) in [5, 5.41) is 0. The second-order valence-corrected chi connectivity index (χ2v) is 5.62. The molecule has 0 N–H and O–H groups in total. The number of benzene rings is 1. The third-order valence-electron chi connectivity index (χ3n) is 2.32. The van der Waals surface area contributed by atoms with Crippen LogP contribution in [0.4, 0.5) is 5.69 Å². The number of nitrogens with zero attached hydrogens (tertiary/aromatic N) is 2. The standard InChI is InChI=1S/C13H19IN2/c1-13(2,3)10-12(15-14)16(4)11-8-6-5-7-9-11/h5-9H,10H2,1-4H3. The monoisotopic (exact) mass is 330 g/mol. The fourth-order valence-electron chi connectivity index (χ4n) is 1.48. The van der Waals surface area contributed by atoms with Crippen molar-refractivity contribution in [2.75, 3.05) is 11.9 Å². The molecule has 0 heterocycles. The molecule has 3 heteroatoms. The number of hydrogen-bond acceptors (Lipinski definition) is 1. The first-order valence-corrected chi connectivity index (χ1v) is 6.37. The molecule has 1 rings (SSSR count). The van der Waals surface area contributed by atoms with Crippen LogP contribution in [0.15, 0.2) is 33.5 Å². The Bertz CT molecular complexity index is 352. The minimum absolute atomic E-state index is 0.257. The summed E-state index contributed by atoms with van der Waals surface area (Å²) < 4.78 is 4.36. The van der Waals surface area contributed by atoms with Crippen molar-refractivity contribution in [2.24, 2.45) is 8.62 Å². The van der Waals surface area contributed by atoms with Crippen LogP contribution in [0.3, 0.4) is 0 Å². The second kappa shape index (κ2) is 5.66.